The molecule has 20 heavy (non-hydrogen) atoms. The highest BCUT2D eigenvalue weighted by molar-refractivity contribution is 9.10. The van der Waals surface area contributed by atoms with Crippen molar-refractivity contribution in [2.75, 3.05) is 5.32 Å². The summed E-state index contributed by atoms with van der Waals surface area (Å²) in [5.74, 6) is -0.286. The van der Waals surface area contributed by atoms with Crippen LogP contribution in [0.15, 0.2) is 34.8 Å². The molecule has 0 saturated heterocycles. The fourth-order valence-corrected chi connectivity index (χ4v) is 2.41. The lowest BCUT2D eigenvalue weighted by molar-refractivity contribution is 0.620. The van der Waals surface area contributed by atoms with E-state index in [9.17, 15) is 4.39 Å². The Morgan fingerprint density at radius 2 is 1.90 bits per heavy atom. The molecule has 0 unspecified atom stereocenters. The van der Waals surface area contributed by atoms with Gasteiger partial charge in [0.05, 0.1) is 4.47 Å². The fourth-order valence-electron chi connectivity index (χ4n) is 1.90. The molecule has 0 spiro atoms. The van der Waals surface area contributed by atoms with Crippen LogP contribution in [0.1, 0.15) is 16.7 Å². The quantitative estimate of drug-likeness (QED) is 0.793. The van der Waals surface area contributed by atoms with E-state index in [0.29, 0.717) is 9.46 Å². The summed E-state index contributed by atoms with van der Waals surface area (Å²) in [7, 11) is 0. The molecule has 5 heteroatoms. The molecule has 2 aromatic carbocycles. The molecular formula is C15H14BrFN2S. The van der Waals surface area contributed by atoms with Crippen LogP contribution in [0, 0.1) is 19.7 Å². The Balaban J connectivity index is 2.45. The van der Waals surface area contributed by atoms with Crippen molar-refractivity contribution in [1.82, 2.24) is 0 Å². The van der Waals surface area contributed by atoms with Gasteiger partial charge in [-0.15, -0.1) is 0 Å². The first-order chi connectivity index (χ1) is 9.38. The van der Waals surface area contributed by atoms with E-state index in [1.165, 1.54) is 6.07 Å². The zero-order valence-corrected chi connectivity index (χ0v) is 13.5. The third kappa shape index (κ3) is 3.16. The lowest BCUT2D eigenvalue weighted by Crippen LogP contribution is -2.12. The average Bonchev–Trinajstić information content (AvgIpc) is 2.37. The molecule has 0 bridgehead atoms. The Bertz CT molecular complexity index is 686. The molecule has 2 aromatic rings. The van der Waals surface area contributed by atoms with E-state index in [1.807, 2.05) is 32.0 Å². The van der Waals surface area contributed by atoms with Crippen molar-refractivity contribution in [3.05, 3.63) is 57.3 Å². The minimum absolute atomic E-state index is 0.286. The first-order valence-corrected chi connectivity index (χ1v) is 7.21. The molecule has 0 aliphatic carbocycles. The van der Waals surface area contributed by atoms with Crippen LogP contribution in [-0.4, -0.2) is 4.99 Å². The second-order valence-corrected chi connectivity index (χ2v) is 5.91. The Morgan fingerprint density at radius 1 is 1.20 bits per heavy atom. The third-order valence-electron chi connectivity index (χ3n) is 2.98. The summed E-state index contributed by atoms with van der Waals surface area (Å²) in [5.41, 5.74) is 10.0. The van der Waals surface area contributed by atoms with Crippen LogP contribution in [0.5, 0.6) is 0 Å². The molecule has 2 rings (SSSR count). The van der Waals surface area contributed by atoms with Crippen molar-refractivity contribution in [3.63, 3.8) is 0 Å². The molecule has 3 N–H and O–H groups in total. The second-order valence-electron chi connectivity index (χ2n) is 4.62. The lowest BCUT2D eigenvalue weighted by atomic mass is 10.1. The van der Waals surface area contributed by atoms with Crippen LogP contribution in [0.3, 0.4) is 0 Å². The SMILES string of the molecule is Cc1ccc(Nc2cc(Br)c(F)cc2C)c(C(N)=S)c1. The third-order valence-corrected chi connectivity index (χ3v) is 3.80. The largest absolute Gasteiger partial charge is 0.389 e. The van der Waals surface area contributed by atoms with E-state index in [2.05, 4.69) is 21.2 Å². The molecule has 0 atom stereocenters. The topological polar surface area (TPSA) is 38.0 Å². The van der Waals surface area contributed by atoms with Gasteiger partial charge in [-0.1, -0.05) is 23.8 Å². The van der Waals surface area contributed by atoms with Crippen LogP contribution in [0.2, 0.25) is 0 Å². The maximum Gasteiger partial charge on any atom is 0.137 e. The highest BCUT2D eigenvalue weighted by atomic mass is 79.9. The minimum atomic E-state index is -0.286. The van der Waals surface area contributed by atoms with Gasteiger partial charge in [0.2, 0.25) is 0 Å². The van der Waals surface area contributed by atoms with Gasteiger partial charge in [0, 0.05) is 16.9 Å². The average molecular weight is 353 g/mol. The summed E-state index contributed by atoms with van der Waals surface area (Å²) in [5, 5.41) is 3.25. The van der Waals surface area contributed by atoms with E-state index in [-0.39, 0.29) is 5.82 Å². The molecule has 0 aliphatic heterocycles. The molecule has 0 fully saturated rings. The maximum atomic E-state index is 13.4. The van der Waals surface area contributed by atoms with Crippen molar-refractivity contribution in [1.29, 1.82) is 0 Å². The summed E-state index contributed by atoms with van der Waals surface area (Å²) in [6.07, 6.45) is 0. The van der Waals surface area contributed by atoms with Crippen molar-refractivity contribution in [3.8, 4) is 0 Å². The Labute approximate surface area is 131 Å². The molecule has 0 aromatic heterocycles. The van der Waals surface area contributed by atoms with Gasteiger partial charge in [-0.25, -0.2) is 4.39 Å². The molecule has 0 heterocycles. The highest BCUT2D eigenvalue weighted by Gasteiger charge is 2.09. The molecule has 0 aliphatic rings. The van der Waals surface area contributed by atoms with Gasteiger partial charge in [0.25, 0.3) is 0 Å². The highest BCUT2D eigenvalue weighted by Crippen LogP contribution is 2.28. The van der Waals surface area contributed by atoms with Crippen molar-refractivity contribution < 1.29 is 4.39 Å². The van der Waals surface area contributed by atoms with Gasteiger partial charge in [-0.05, 0) is 59.6 Å². The van der Waals surface area contributed by atoms with E-state index in [0.717, 1.165) is 28.1 Å². The summed E-state index contributed by atoms with van der Waals surface area (Å²) in [4.78, 5) is 0.329. The number of anilines is 2. The van der Waals surface area contributed by atoms with Gasteiger partial charge in [0.15, 0.2) is 0 Å². The van der Waals surface area contributed by atoms with Crippen molar-refractivity contribution in [2.24, 2.45) is 5.73 Å². The minimum Gasteiger partial charge on any atom is -0.389 e. The summed E-state index contributed by atoms with van der Waals surface area (Å²) in [6, 6.07) is 8.99. The van der Waals surface area contributed by atoms with Crippen LogP contribution >= 0.6 is 28.1 Å². The predicted molar refractivity (Wildman–Crippen MR) is 89.2 cm³/mol. The summed E-state index contributed by atoms with van der Waals surface area (Å²) in [6.45, 7) is 3.82. The number of nitrogens with two attached hydrogens (primary N) is 1. The van der Waals surface area contributed by atoms with E-state index < -0.39 is 0 Å². The van der Waals surface area contributed by atoms with Crippen LogP contribution < -0.4 is 11.1 Å². The van der Waals surface area contributed by atoms with Crippen LogP contribution in [-0.2, 0) is 0 Å². The van der Waals surface area contributed by atoms with Gasteiger partial charge < -0.3 is 11.1 Å². The van der Waals surface area contributed by atoms with Crippen molar-refractivity contribution in [2.45, 2.75) is 13.8 Å². The van der Waals surface area contributed by atoms with Crippen LogP contribution in [0.4, 0.5) is 15.8 Å². The zero-order chi connectivity index (χ0) is 14.9. The van der Waals surface area contributed by atoms with Crippen LogP contribution in [0.25, 0.3) is 0 Å². The smallest absolute Gasteiger partial charge is 0.137 e. The number of nitrogens with one attached hydrogen (secondary N) is 1. The first-order valence-electron chi connectivity index (χ1n) is 6.01. The van der Waals surface area contributed by atoms with E-state index >= 15 is 0 Å². The van der Waals surface area contributed by atoms with E-state index in [1.54, 1.807) is 6.07 Å². The van der Waals surface area contributed by atoms with Gasteiger partial charge in [-0.2, -0.15) is 0 Å². The number of rotatable bonds is 3. The zero-order valence-electron chi connectivity index (χ0n) is 11.1. The number of aryl methyl sites for hydroxylation is 2. The molecule has 104 valence electrons. The number of thiocarbonyl (C=S) groups is 1. The van der Waals surface area contributed by atoms with E-state index in [4.69, 9.17) is 18.0 Å². The molecular weight excluding hydrogens is 339 g/mol. The monoisotopic (exact) mass is 352 g/mol. The van der Waals surface area contributed by atoms with Gasteiger partial charge >= 0.3 is 0 Å². The van der Waals surface area contributed by atoms with Crippen molar-refractivity contribution >= 4 is 44.5 Å². The van der Waals surface area contributed by atoms with Gasteiger partial charge in [0.1, 0.15) is 10.8 Å². The fraction of sp³-hybridized carbons (Fsp3) is 0.133. The number of halogens is 2. The number of hydrogen-bond acceptors (Lipinski definition) is 2. The summed E-state index contributed by atoms with van der Waals surface area (Å²) < 4.78 is 13.9. The molecule has 2 nitrogen and oxygen atoms in total. The maximum absolute atomic E-state index is 13.4. The molecule has 0 radical (unpaired) electrons. The molecule has 0 amide bonds. The first kappa shape index (κ1) is 14.9. The van der Waals surface area contributed by atoms with Gasteiger partial charge in [-0.3, -0.25) is 0 Å². The standard InChI is InChI=1S/C15H14BrFN2S/c1-8-3-4-13(10(5-8)15(18)20)19-14-7-11(16)12(17)6-9(14)2/h3-7,19H,1-2H3,(H2,18,20). The Hall–Kier alpha value is -1.46. The Morgan fingerprint density at radius 3 is 2.55 bits per heavy atom. The predicted octanol–water partition coefficient (Wildman–Crippen LogP) is 4.58. The number of benzene rings is 2. The normalized spacial score (nSPS) is 10.4. The Kier molecular flexibility index (Phi) is 4.40. The summed E-state index contributed by atoms with van der Waals surface area (Å²) >= 11 is 8.26. The lowest BCUT2D eigenvalue weighted by Gasteiger charge is -2.14. The molecule has 0 saturated carbocycles. The number of hydrogen-bond donors (Lipinski definition) is 2. The second kappa shape index (κ2) is 5.89.